The summed E-state index contributed by atoms with van der Waals surface area (Å²) < 4.78 is 11.5. The topological polar surface area (TPSA) is 21.7 Å². The summed E-state index contributed by atoms with van der Waals surface area (Å²) in [6, 6.07) is 6.15. The highest BCUT2D eigenvalue weighted by atomic mass is 16.5. The number of rotatable bonds is 3. The summed E-state index contributed by atoms with van der Waals surface area (Å²) in [5.41, 5.74) is 1.30. The molecule has 3 heteroatoms. The molecule has 1 fully saturated rings. The fraction of sp³-hybridized carbons (Fsp3) is 0.625. The molecule has 0 radical (unpaired) electrons. The highest BCUT2D eigenvalue weighted by molar-refractivity contribution is 5.49. The van der Waals surface area contributed by atoms with Crippen molar-refractivity contribution in [3.05, 3.63) is 23.8 Å². The molecular formula is C16H23NO2. The first-order chi connectivity index (χ1) is 9.33. The van der Waals surface area contributed by atoms with E-state index in [2.05, 4.69) is 24.0 Å². The molecule has 0 bridgehead atoms. The molecule has 1 aromatic carbocycles. The lowest BCUT2D eigenvalue weighted by atomic mass is 9.78. The van der Waals surface area contributed by atoms with Crippen molar-refractivity contribution in [3.63, 3.8) is 0 Å². The summed E-state index contributed by atoms with van der Waals surface area (Å²) in [5.74, 6) is 3.25. The average molecular weight is 261 g/mol. The van der Waals surface area contributed by atoms with E-state index in [0.29, 0.717) is 11.8 Å². The minimum absolute atomic E-state index is 0.605. The third kappa shape index (κ3) is 2.32. The Balaban J connectivity index is 1.86. The largest absolute Gasteiger partial charge is 0.496 e. The molecule has 19 heavy (non-hydrogen) atoms. The number of hydrogen-bond acceptors (Lipinski definition) is 3. The number of benzene rings is 1. The average Bonchev–Trinajstić information content (AvgIpc) is 2.46. The molecule has 0 aromatic heterocycles. The molecule has 1 saturated heterocycles. The van der Waals surface area contributed by atoms with Crippen LogP contribution in [0, 0.1) is 5.92 Å². The zero-order valence-electron chi connectivity index (χ0n) is 11.9. The van der Waals surface area contributed by atoms with Gasteiger partial charge in [0, 0.05) is 18.0 Å². The van der Waals surface area contributed by atoms with E-state index in [9.17, 15) is 0 Å². The minimum Gasteiger partial charge on any atom is -0.496 e. The molecule has 2 aliphatic heterocycles. The Morgan fingerprint density at radius 3 is 3.11 bits per heavy atom. The molecule has 0 amide bonds. The monoisotopic (exact) mass is 261 g/mol. The molecule has 2 heterocycles. The van der Waals surface area contributed by atoms with Crippen LogP contribution in [-0.2, 0) is 0 Å². The SMILES string of the molecule is CCCN1CC[C@H]2c3c(OC)cccc3OC[C@@H]2C1. The Morgan fingerprint density at radius 2 is 2.32 bits per heavy atom. The van der Waals surface area contributed by atoms with Crippen molar-refractivity contribution < 1.29 is 9.47 Å². The maximum atomic E-state index is 5.96. The number of fused-ring (bicyclic) bond motifs is 3. The van der Waals surface area contributed by atoms with Crippen LogP contribution < -0.4 is 9.47 Å². The molecule has 1 aromatic rings. The summed E-state index contributed by atoms with van der Waals surface area (Å²) >= 11 is 0. The van der Waals surface area contributed by atoms with Gasteiger partial charge in [0.25, 0.3) is 0 Å². The first-order valence-electron chi connectivity index (χ1n) is 7.35. The van der Waals surface area contributed by atoms with Crippen molar-refractivity contribution in [2.45, 2.75) is 25.7 Å². The molecule has 0 aliphatic carbocycles. The molecular weight excluding hydrogens is 238 g/mol. The van der Waals surface area contributed by atoms with Gasteiger partial charge >= 0.3 is 0 Å². The van der Waals surface area contributed by atoms with Crippen LogP contribution in [0.4, 0.5) is 0 Å². The van der Waals surface area contributed by atoms with Crippen molar-refractivity contribution in [2.24, 2.45) is 5.92 Å². The molecule has 2 atom stereocenters. The fourth-order valence-corrected chi connectivity index (χ4v) is 3.57. The van der Waals surface area contributed by atoms with Crippen LogP contribution in [-0.4, -0.2) is 38.3 Å². The zero-order valence-corrected chi connectivity index (χ0v) is 11.9. The Hall–Kier alpha value is -1.22. The molecule has 0 saturated carbocycles. The van der Waals surface area contributed by atoms with Crippen LogP contribution in [0.15, 0.2) is 18.2 Å². The molecule has 3 nitrogen and oxygen atoms in total. The third-order valence-corrected chi connectivity index (χ3v) is 4.43. The smallest absolute Gasteiger partial charge is 0.126 e. The van der Waals surface area contributed by atoms with Gasteiger partial charge in [-0.05, 0) is 44.0 Å². The van der Waals surface area contributed by atoms with Crippen LogP contribution in [0.2, 0.25) is 0 Å². The molecule has 0 unspecified atom stereocenters. The Labute approximate surface area is 115 Å². The van der Waals surface area contributed by atoms with E-state index in [-0.39, 0.29) is 0 Å². The molecule has 0 N–H and O–H groups in total. The van der Waals surface area contributed by atoms with E-state index in [1.807, 2.05) is 6.07 Å². The predicted octanol–water partition coefficient (Wildman–Crippen LogP) is 2.90. The first kappa shape index (κ1) is 12.8. The van der Waals surface area contributed by atoms with E-state index in [1.165, 1.54) is 31.5 Å². The zero-order chi connectivity index (χ0) is 13.2. The van der Waals surface area contributed by atoms with Gasteiger partial charge in [-0.3, -0.25) is 0 Å². The highest BCUT2D eigenvalue weighted by Crippen LogP contribution is 2.46. The number of nitrogens with zero attached hydrogens (tertiary/aromatic N) is 1. The second-order valence-corrected chi connectivity index (χ2v) is 5.64. The quantitative estimate of drug-likeness (QED) is 0.835. The Morgan fingerprint density at radius 1 is 1.42 bits per heavy atom. The van der Waals surface area contributed by atoms with Gasteiger partial charge < -0.3 is 14.4 Å². The number of methoxy groups -OCH3 is 1. The van der Waals surface area contributed by atoms with Crippen LogP contribution >= 0.6 is 0 Å². The van der Waals surface area contributed by atoms with Crippen molar-refractivity contribution in [3.8, 4) is 11.5 Å². The van der Waals surface area contributed by atoms with Crippen LogP contribution in [0.1, 0.15) is 31.2 Å². The molecule has 0 spiro atoms. The summed E-state index contributed by atoms with van der Waals surface area (Å²) in [6.45, 7) is 6.68. The van der Waals surface area contributed by atoms with Gasteiger partial charge in [-0.2, -0.15) is 0 Å². The van der Waals surface area contributed by atoms with Crippen molar-refractivity contribution >= 4 is 0 Å². The van der Waals surface area contributed by atoms with Gasteiger partial charge in [0.2, 0.25) is 0 Å². The fourth-order valence-electron chi connectivity index (χ4n) is 3.57. The minimum atomic E-state index is 0.605. The van der Waals surface area contributed by atoms with Crippen molar-refractivity contribution in [1.82, 2.24) is 4.90 Å². The van der Waals surface area contributed by atoms with E-state index >= 15 is 0 Å². The number of ether oxygens (including phenoxy) is 2. The van der Waals surface area contributed by atoms with Gasteiger partial charge in [-0.15, -0.1) is 0 Å². The normalized spacial score (nSPS) is 26.2. The van der Waals surface area contributed by atoms with Crippen molar-refractivity contribution in [2.75, 3.05) is 33.4 Å². The summed E-state index contributed by atoms with van der Waals surface area (Å²) in [4.78, 5) is 2.57. The van der Waals surface area contributed by atoms with Gasteiger partial charge in [0.1, 0.15) is 11.5 Å². The molecule has 104 valence electrons. The second kappa shape index (κ2) is 5.41. The number of hydrogen-bond donors (Lipinski definition) is 0. The maximum absolute atomic E-state index is 5.96. The van der Waals surface area contributed by atoms with Crippen LogP contribution in [0.5, 0.6) is 11.5 Å². The highest BCUT2D eigenvalue weighted by Gasteiger charge is 2.37. The Bertz CT molecular complexity index is 432. The third-order valence-electron chi connectivity index (χ3n) is 4.43. The standard InChI is InChI=1S/C16H23NO2/c1-3-8-17-9-7-13-12(10-17)11-19-15-6-4-5-14(18-2)16(13)15/h4-6,12-13H,3,7-11H2,1-2H3/t12-,13+/m0/s1. The second-order valence-electron chi connectivity index (χ2n) is 5.64. The van der Waals surface area contributed by atoms with E-state index in [0.717, 1.165) is 24.7 Å². The predicted molar refractivity (Wildman–Crippen MR) is 76.1 cm³/mol. The van der Waals surface area contributed by atoms with Crippen LogP contribution in [0.25, 0.3) is 0 Å². The van der Waals surface area contributed by atoms with E-state index in [4.69, 9.17) is 9.47 Å². The maximum Gasteiger partial charge on any atom is 0.126 e. The summed E-state index contributed by atoms with van der Waals surface area (Å²) in [6.07, 6.45) is 2.46. The van der Waals surface area contributed by atoms with Gasteiger partial charge in [0.05, 0.1) is 13.7 Å². The molecule has 2 aliphatic rings. The van der Waals surface area contributed by atoms with Crippen molar-refractivity contribution in [1.29, 1.82) is 0 Å². The summed E-state index contributed by atoms with van der Waals surface area (Å²) in [7, 11) is 1.76. The van der Waals surface area contributed by atoms with Gasteiger partial charge in [0.15, 0.2) is 0 Å². The molecule has 3 rings (SSSR count). The lowest BCUT2D eigenvalue weighted by molar-refractivity contribution is 0.0916. The van der Waals surface area contributed by atoms with Gasteiger partial charge in [-0.1, -0.05) is 13.0 Å². The first-order valence-corrected chi connectivity index (χ1v) is 7.35. The van der Waals surface area contributed by atoms with Crippen LogP contribution in [0.3, 0.4) is 0 Å². The summed E-state index contributed by atoms with van der Waals surface area (Å²) in [5, 5.41) is 0. The Kier molecular flexibility index (Phi) is 3.65. The van der Waals surface area contributed by atoms with Gasteiger partial charge in [-0.25, -0.2) is 0 Å². The lowest BCUT2D eigenvalue weighted by Crippen LogP contribution is -2.44. The van der Waals surface area contributed by atoms with E-state index < -0.39 is 0 Å². The number of piperidine rings is 1. The number of likely N-dealkylation sites (tertiary alicyclic amines) is 1. The lowest BCUT2D eigenvalue weighted by Gasteiger charge is -2.42. The van der Waals surface area contributed by atoms with E-state index in [1.54, 1.807) is 7.11 Å².